The second-order valence-electron chi connectivity index (χ2n) is 12.1. The lowest BCUT2D eigenvalue weighted by Gasteiger charge is -2.36. The number of ether oxygens (including phenoxy) is 2. The number of phenols is 1. The van der Waals surface area contributed by atoms with Crippen molar-refractivity contribution in [2.24, 2.45) is 5.92 Å². The number of aromatic hydroxyl groups is 1. The maximum absolute atomic E-state index is 14.6. The molecule has 1 aliphatic rings. The van der Waals surface area contributed by atoms with E-state index in [1.807, 2.05) is 39.0 Å². The van der Waals surface area contributed by atoms with Crippen molar-refractivity contribution >= 4 is 23.9 Å². The number of aryl methyl sites for hydroxylation is 1. The highest BCUT2D eigenvalue weighted by Crippen LogP contribution is 2.41. The van der Waals surface area contributed by atoms with E-state index >= 15 is 0 Å². The Morgan fingerprint density at radius 1 is 1.07 bits per heavy atom. The Bertz CT molecular complexity index is 1300. The molecule has 1 saturated carbocycles. The van der Waals surface area contributed by atoms with Crippen molar-refractivity contribution in [2.45, 2.75) is 91.5 Å². The molecular weight excluding hydrogens is 550 g/mol. The van der Waals surface area contributed by atoms with Crippen LogP contribution in [0.15, 0.2) is 42.5 Å². The number of alkyl carbamates (subject to hydrolysis) is 1. The molecule has 1 fully saturated rings. The normalized spacial score (nSPS) is 17.3. The lowest BCUT2D eigenvalue weighted by Crippen LogP contribution is -2.55. The van der Waals surface area contributed by atoms with Crippen molar-refractivity contribution in [3.05, 3.63) is 64.7 Å². The van der Waals surface area contributed by atoms with Crippen LogP contribution in [0.4, 0.5) is 4.79 Å². The zero-order valence-corrected chi connectivity index (χ0v) is 26.2. The zero-order valence-electron chi connectivity index (χ0n) is 26.2. The lowest BCUT2D eigenvalue weighted by atomic mass is 9.94. The maximum Gasteiger partial charge on any atom is 0.408 e. The number of nitrogens with one attached hydrogen (secondary N) is 2. The minimum atomic E-state index is -1.06. The van der Waals surface area contributed by atoms with E-state index < -0.39 is 41.6 Å². The van der Waals surface area contributed by atoms with Gasteiger partial charge in [-0.15, -0.1) is 0 Å². The molecule has 43 heavy (non-hydrogen) atoms. The molecule has 0 aliphatic heterocycles. The first-order chi connectivity index (χ1) is 20.2. The number of nitrogens with zero attached hydrogens (tertiary/aromatic N) is 1. The topological polar surface area (TPSA) is 134 Å². The van der Waals surface area contributed by atoms with Gasteiger partial charge in [0.05, 0.1) is 13.0 Å². The Morgan fingerprint density at radius 2 is 1.72 bits per heavy atom. The van der Waals surface area contributed by atoms with Gasteiger partial charge in [-0.3, -0.25) is 14.4 Å². The number of hydrogen-bond donors (Lipinski definition) is 3. The molecule has 0 spiro atoms. The van der Waals surface area contributed by atoms with Gasteiger partial charge in [0.25, 0.3) is 0 Å². The van der Waals surface area contributed by atoms with E-state index in [0.29, 0.717) is 17.5 Å². The van der Waals surface area contributed by atoms with E-state index in [2.05, 4.69) is 10.6 Å². The Hall–Kier alpha value is -4.08. The summed E-state index contributed by atoms with van der Waals surface area (Å²) in [5.74, 6) is -1.06. The fourth-order valence-corrected chi connectivity index (χ4v) is 4.97. The number of amides is 3. The van der Waals surface area contributed by atoms with Crippen molar-refractivity contribution in [3.63, 3.8) is 0 Å². The van der Waals surface area contributed by atoms with Gasteiger partial charge in [-0.2, -0.15) is 0 Å². The van der Waals surface area contributed by atoms with Gasteiger partial charge in [-0.1, -0.05) is 37.3 Å². The number of rotatable bonds is 12. The minimum absolute atomic E-state index is 0.00342. The highest BCUT2D eigenvalue weighted by atomic mass is 16.6. The molecule has 0 bridgehead atoms. The number of hydrogen-bond acceptors (Lipinski definition) is 7. The van der Waals surface area contributed by atoms with Crippen molar-refractivity contribution in [2.75, 3.05) is 13.2 Å². The van der Waals surface area contributed by atoms with Gasteiger partial charge in [0.15, 0.2) is 0 Å². The number of carbonyl (C=O) groups is 4. The smallest absolute Gasteiger partial charge is 0.408 e. The predicted octanol–water partition coefficient (Wildman–Crippen LogP) is 4.49. The first-order valence-corrected chi connectivity index (χ1v) is 14.8. The van der Waals surface area contributed by atoms with Crippen molar-refractivity contribution in [1.82, 2.24) is 15.5 Å². The third-order valence-corrected chi connectivity index (χ3v) is 7.45. The summed E-state index contributed by atoms with van der Waals surface area (Å²) in [4.78, 5) is 55.0. The average Bonchev–Trinajstić information content (AvgIpc) is 3.64. The van der Waals surface area contributed by atoms with Crippen LogP contribution < -0.4 is 10.6 Å². The number of benzene rings is 2. The Labute approximate surface area is 254 Å². The van der Waals surface area contributed by atoms with E-state index in [-0.39, 0.29) is 43.7 Å². The fraction of sp³-hybridized carbons (Fsp3) is 0.515. The van der Waals surface area contributed by atoms with Crippen molar-refractivity contribution in [1.29, 1.82) is 0 Å². The highest BCUT2D eigenvalue weighted by Gasteiger charge is 2.48. The van der Waals surface area contributed by atoms with Crippen molar-refractivity contribution < 1.29 is 33.8 Å². The monoisotopic (exact) mass is 595 g/mol. The van der Waals surface area contributed by atoms with Crippen LogP contribution >= 0.6 is 0 Å². The minimum Gasteiger partial charge on any atom is -0.508 e. The number of esters is 1. The molecule has 0 radical (unpaired) electrons. The molecule has 4 unspecified atom stereocenters. The van der Waals surface area contributed by atoms with Gasteiger partial charge in [0, 0.05) is 19.0 Å². The van der Waals surface area contributed by atoms with Gasteiger partial charge in [-0.25, -0.2) is 4.79 Å². The summed E-state index contributed by atoms with van der Waals surface area (Å²) in [6.45, 7) is 13.1. The van der Waals surface area contributed by atoms with Gasteiger partial charge in [-0.05, 0) is 88.3 Å². The van der Waals surface area contributed by atoms with Crippen LogP contribution in [0.5, 0.6) is 5.75 Å². The fourth-order valence-electron chi connectivity index (χ4n) is 4.97. The summed E-state index contributed by atoms with van der Waals surface area (Å²) in [5, 5.41) is 15.4. The predicted molar refractivity (Wildman–Crippen MR) is 162 cm³/mol. The van der Waals surface area contributed by atoms with E-state index in [1.165, 1.54) is 12.1 Å². The molecule has 0 aromatic heterocycles. The first kappa shape index (κ1) is 33.4. The van der Waals surface area contributed by atoms with Crippen LogP contribution in [-0.2, 0) is 30.3 Å². The molecular formula is C33H45N3O7. The number of carbonyl (C=O) groups excluding carboxylic acids is 4. The van der Waals surface area contributed by atoms with E-state index in [1.54, 1.807) is 44.7 Å². The highest BCUT2D eigenvalue weighted by molar-refractivity contribution is 5.93. The summed E-state index contributed by atoms with van der Waals surface area (Å²) < 4.78 is 10.5. The molecule has 4 atom stereocenters. The lowest BCUT2D eigenvalue weighted by molar-refractivity contribution is -0.145. The van der Waals surface area contributed by atoms with Crippen molar-refractivity contribution in [3.8, 4) is 5.75 Å². The van der Waals surface area contributed by atoms with Crippen LogP contribution in [-0.4, -0.2) is 64.7 Å². The zero-order chi connectivity index (χ0) is 31.9. The van der Waals surface area contributed by atoms with Crippen LogP contribution in [0, 0.1) is 19.8 Å². The van der Waals surface area contributed by atoms with E-state index in [9.17, 15) is 24.3 Å². The van der Waals surface area contributed by atoms with Gasteiger partial charge >= 0.3 is 12.1 Å². The van der Waals surface area contributed by atoms with Crippen LogP contribution in [0.2, 0.25) is 0 Å². The molecule has 2 aromatic rings. The Morgan fingerprint density at radius 3 is 2.30 bits per heavy atom. The Kier molecular flexibility index (Phi) is 11.2. The quantitative estimate of drug-likeness (QED) is 0.308. The molecule has 234 valence electrons. The van der Waals surface area contributed by atoms with E-state index in [0.717, 1.165) is 11.1 Å². The third-order valence-electron chi connectivity index (χ3n) is 7.45. The second-order valence-corrected chi connectivity index (χ2v) is 12.1. The Balaban J connectivity index is 2.03. The molecule has 10 heteroatoms. The summed E-state index contributed by atoms with van der Waals surface area (Å²) >= 11 is 0. The third kappa shape index (κ3) is 9.46. The number of phenolic OH excluding ortho intramolecular Hbond substituents is 1. The van der Waals surface area contributed by atoms with Crippen LogP contribution in [0.3, 0.4) is 0 Å². The van der Waals surface area contributed by atoms with Crippen LogP contribution in [0.1, 0.15) is 75.8 Å². The first-order valence-electron chi connectivity index (χ1n) is 14.8. The molecule has 0 heterocycles. The second kappa shape index (κ2) is 14.4. The van der Waals surface area contributed by atoms with Gasteiger partial charge < -0.3 is 30.1 Å². The van der Waals surface area contributed by atoms with Gasteiger partial charge in [0.2, 0.25) is 11.8 Å². The molecule has 2 aromatic carbocycles. The summed E-state index contributed by atoms with van der Waals surface area (Å²) in [6.07, 6.45) is 0.0496. The molecule has 3 N–H and O–H groups in total. The molecule has 3 amide bonds. The molecule has 1 aliphatic carbocycles. The summed E-state index contributed by atoms with van der Waals surface area (Å²) in [7, 11) is 0. The average molecular weight is 596 g/mol. The molecule has 10 nitrogen and oxygen atoms in total. The van der Waals surface area contributed by atoms with Gasteiger partial charge in [0.1, 0.15) is 23.4 Å². The SMILES string of the molecule is CCOC(=O)CCNC(=O)C(c1cccc(C)c1C)N(C(=O)C(Cc1ccc(O)cc1)NC(=O)OC(C)(C)C)C1CC1C. The largest absolute Gasteiger partial charge is 0.508 e. The summed E-state index contributed by atoms with van der Waals surface area (Å²) in [5.41, 5.74) is 2.42. The molecule has 0 saturated heterocycles. The molecule has 3 rings (SSSR count). The maximum atomic E-state index is 14.6. The van der Waals surface area contributed by atoms with Crippen LogP contribution in [0.25, 0.3) is 0 Å². The summed E-state index contributed by atoms with van der Waals surface area (Å²) in [6, 6.07) is 9.71. The standard InChI is InChI=1S/C33H45N3O7/c1-8-42-28(38)16-17-34-30(39)29(25-11-9-10-20(2)22(25)4)36(27-18-21(27)3)31(40)26(35-32(41)43-33(5,6)7)19-23-12-14-24(37)15-13-23/h9-15,21,26-27,29,37H,8,16-19H2,1-7H3,(H,34,39)(H,35,41). The van der Waals surface area contributed by atoms with E-state index in [4.69, 9.17) is 9.47 Å².